The number of rotatable bonds is 12. The van der Waals surface area contributed by atoms with E-state index in [1.165, 1.54) is 11.0 Å². The first-order chi connectivity index (χ1) is 26.4. The number of methoxy groups -OCH3 is 1. The lowest BCUT2D eigenvalue weighted by Gasteiger charge is -2.36. The van der Waals surface area contributed by atoms with Crippen molar-refractivity contribution in [2.75, 3.05) is 13.7 Å². The molecule has 3 N–H and O–H groups in total. The highest BCUT2D eigenvalue weighted by Gasteiger charge is 2.65. The number of carbonyl (C=O) groups excluding carboxylic acids is 4. The number of ether oxygens (including phenoxy) is 3. The van der Waals surface area contributed by atoms with E-state index in [4.69, 9.17) is 19.2 Å². The van der Waals surface area contributed by atoms with Crippen molar-refractivity contribution >= 4 is 45.6 Å². The number of benzene rings is 1. The number of likely N-dealkylation sites (tertiary alicyclic amines) is 1. The number of hydrogen-bond acceptors (Lipinski definition) is 10. The number of nitrogens with zero attached hydrogens (tertiary/aromatic N) is 3. The molecule has 0 bridgehead atoms. The minimum Gasteiger partial charge on any atom is -0.497 e. The lowest BCUT2D eigenvalue weighted by molar-refractivity contribution is -0.142. The molecular weight excluding hydrogens is 737 g/mol. The van der Waals surface area contributed by atoms with Crippen molar-refractivity contribution in [3.05, 3.63) is 73.5 Å². The fourth-order valence-corrected chi connectivity index (χ4v) is 7.97. The van der Waals surface area contributed by atoms with Crippen LogP contribution in [-0.4, -0.2) is 91.1 Å². The summed E-state index contributed by atoms with van der Waals surface area (Å²) in [6, 6.07) is 10.5. The molecular formula is C41H50N6O8S. The van der Waals surface area contributed by atoms with Crippen molar-refractivity contribution in [2.45, 2.75) is 95.4 Å². The van der Waals surface area contributed by atoms with Crippen LogP contribution >= 0.6 is 0 Å². The zero-order chi connectivity index (χ0) is 40.7. The van der Waals surface area contributed by atoms with Gasteiger partial charge in [0.25, 0.3) is 5.91 Å². The first-order valence-electron chi connectivity index (χ1n) is 18.6. The molecule has 1 aliphatic heterocycles. The van der Waals surface area contributed by atoms with Gasteiger partial charge in [-0.3, -0.25) is 24.1 Å². The van der Waals surface area contributed by atoms with E-state index in [0.717, 1.165) is 18.2 Å². The number of amides is 4. The maximum atomic E-state index is 14.7. The summed E-state index contributed by atoms with van der Waals surface area (Å²) in [5.41, 5.74) is -1.74. The topological polar surface area (TPSA) is 178 Å². The monoisotopic (exact) mass is 786 g/mol. The number of alkyl carbamates (subject to hydrolysis) is 1. The van der Waals surface area contributed by atoms with Crippen LogP contribution < -0.4 is 24.8 Å². The van der Waals surface area contributed by atoms with Crippen LogP contribution in [0.25, 0.3) is 22.2 Å². The zero-order valence-electron chi connectivity index (χ0n) is 32.8. The van der Waals surface area contributed by atoms with Gasteiger partial charge in [0.05, 0.1) is 30.3 Å². The maximum Gasteiger partial charge on any atom is 0.408 e. The molecule has 14 nitrogen and oxygen atoms in total. The molecule has 3 aliphatic rings. The van der Waals surface area contributed by atoms with Crippen LogP contribution in [0.5, 0.6) is 11.6 Å². The van der Waals surface area contributed by atoms with Gasteiger partial charge in [-0.15, -0.1) is 6.58 Å². The molecule has 3 heterocycles. The van der Waals surface area contributed by atoms with Crippen molar-refractivity contribution in [1.82, 2.24) is 30.2 Å². The summed E-state index contributed by atoms with van der Waals surface area (Å²) in [7, 11) is -0.0549. The zero-order valence-corrected chi connectivity index (χ0v) is 33.7. The summed E-state index contributed by atoms with van der Waals surface area (Å²) < 4.78 is 32.9. The quantitative estimate of drug-likeness (QED) is 0.217. The van der Waals surface area contributed by atoms with Crippen LogP contribution in [0, 0.1) is 11.3 Å². The van der Waals surface area contributed by atoms with E-state index >= 15 is 0 Å². The Kier molecular flexibility index (Phi) is 11.0. The van der Waals surface area contributed by atoms with Crippen LogP contribution in [-0.2, 0) is 30.1 Å². The summed E-state index contributed by atoms with van der Waals surface area (Å²) in [6.07, 6.45) is 3.07. The second-order valence-electron chi connectivity index (χ2n) is 16.5. The van der Waals surface area contributed by atoms with Crippen molar-refractivity contribution < 1.29 is 37.6 Å². The third-order valence-electron chi connectivity index (χ3n) is 10.0. The van der Waals surface area contributed by atoms with Gasteiger partial charge in [0.15, 0.2) is 5.54 Å². The Bertz CT molecular complexity index is 2090. The van der Waals surface area contributed by atoms with Gasteiger partial charge in [-0.1, -0.05) is 39.5 Å². The molecule has 0 radical (unpaired) electrons. The molecule has 2 aromatic heterocycles. The highest BCUT2D eigenvalue weighted by atomic mass is 32.2. The molecule has 1 unspecified atom stereocenters. The first-order valence-corrected chi connectivity index (χ1v) is 19.8. The molecule has 4 amide bonds. The number of carbonyl (C=O) groups is 4. The van der Waals surface area contributed by atoms with Gasteiger partial charge in [0, 0.05) is 23.9 Å². The Labute approximate surface area is 329 Å². The fourth-order valence-electron chi connectivity index (χ4n) is 6.89. The van der Waals surface area contributed by atoms with Crippen molar-refractivity contribution in [3.8, 4) is 23.0 Å². The minimum absolute atomic E-state index is 0.00491. The van der Waals surface area contributed by atoms with E-state index in [2.05, 4.69) is 33.5 Å². The molecule has 2 saturated carbocycles. The summed E-state index contributed by atoms with van der Waals surface area (Å²) >= 11 is 0. The number of aromatic nitrogens is 2. The molecule has 1 aromatic carbocycles. The second kappa shape index (κ2) is 15.3. The Hall–Kier alpha value is -5.31. The second-order valence-corrected chi connectivity index (χ2v) is 18.0. The first kappa shape index (κ1) is 40.4. The van der Waals surface area contributed by atoms with Crippen LogP contribution in [0.15, 0.2) is 73.5 Å². The number of hydrogen-bond donors (Lipinski definition) is 3. The highest BCUT2D eigenvalue weighted by Crippen LogP contribution is 2.50. The Balaban J connectivity index is 1.35. The van der Waals surface area contributed by atoms with Crippen molar-refractivity contribution in [1.29, 1.82) is 0 Å². The predicted octanol–water partition coefficient (Wildman–Crippen LogP) is 4.76. The van der Waals surface area contributed by atoms with E-state index in [9.17, 15) is 23.4 Å². The summed E-state index contributed by atoms with van der Waals surface area (Å²) in [5.74, 6) is -1.62. The molecule has 1 saturated heterocycles. The van der Waals surface area contributed by atoms with E-state index < -0.39 is 75.5 Å². The lowest BCUT2D eigenvalue weighted by atomic mass is 9.85. The Morgan fingerprint density at radius 1 is 1.05 bits per heavy atom. The van der Waals surface area contributed by atoms with Crippen molar-refractivity contribution in [2.24, 2.45) is 11.3 Å². The van der Waals surface area contributed by atoms with Crippen LogP contribution in [0.4, 0.5) is 4.79 Å². The van der Waals surface area contributed by atoms with Crippen LogP contribution in [0.2, 0.25) is 0 Å². The normalized spacial score (nSPS) is 23.1. The minimum atomic E-state index is -1.63. The van der Waals surface area contributed by atoms with Gasteiger partial charge in [-0.25, -0.2) is 14.0 Å². The van der Waals surface area contributed by atoms with E-state index in [-0.39, 0.29) is 24.1 Å². The molecule has 56 heavy (non-hydrogen) atoms. The Morgan fingerprint density at radius 3 is 2.38 bits per heavy atom. The molecule has 3 fully saturated rings. The van der Waals surface area contributed by atoms with E-state index in [0.29, 0.717) is 28.1 Å². The number of fused-ring (bicyclic) bond motifs is 1. The van der Waals surface area contributed by atoms with Gasteiger partial charge < -0.3 is 29.7 Å². The molecule has 15 heteroatoms. The fraction of sp³-hybridized carbons (Fsp3) is 0.463. The van der Waals surface area contributed by atoms with Gasteiger partial charge in [-0.05, 0) is 86.4 Å². The highest BCUT2D eigenvalue weighted by molar-refractivity contribution is 7.84. The predicted molar refractivity (Wildman–Crippen MR) is 212 cm³/mol. The molecule has 0 spiro atoms. The summed E-state index contributed by atoms with van der Waals surface area (Å²) in [5, 5.41) is 6.88. The molecule has 6 rings (SSSR count). The number of nitrogens with one attached hydrogen (secondary N) is 3. The maximum absolute atomic E-state index is 14.7. The van der Waals surface area contributed by atoms with Gasteiger partial charge in [0.2, 0.25) is 17.7 Å². The van der Waals surface area contributed by atoms with Crippen LogP contribution in [0.1, 0.15) is 60.8 Å². The van der Waals surface area contributed by atoms with Gasteiger partial charge >= 0.3 is 6.09 Å². The van der Waals surface area contributed by atoms with E-state index in [1.54, 1.807) is 67.0 Å². The average molecular weight is 787 g/mol. The molecule has 6 atom stereocenters. The molecule has 298 valence electrons. The third-order valence-corrected chi connectivity index (χ3v) is 11.5. The number of pyridine rings is 2. The molecule has 3 aromatic rings. The summed E-state index contributed by atoms with van der Waals surface area (Å²) in [4.78, 5) is 66.6. The standard InChI is InChI=1S/C41H50N6O8S/c1-10-29-23(2)41(29,37(50)46-56(52)27-15-16-27)45-34(48)32-21-26(22-47(32)36(49)33(39(3,4)5)44-38(51)55-40(6,7)8)54-35-28-17-14-25(53-9)19-24(28)20-31(43-35)30-13-11-12-18-42-30/h10-14,17-20,26-27,29,32-33H,1-2,15-16,21-22H2,3-9H3,(H,44,51)(H,45,48)(H,46,50)/t26-,29+,32+,33-,41-,56?/m1/s1. The van der Waals surface area contributed by atoms with E-state index in [1.807, 2.05) is 30.3 Å². The average Bonchev–Trinajstić information content (AvgIpc) is 4.04. The van der Waals surface area contributed by atoms with Gasteiger partial charge in [-0.2, -0.15) is 0 Å². The summed E-state index contributed by atoms with van der Waals surface area (Å²) in [6.45, 7) is 18.3. The lowest BCUT2D eigenvalue weighted by Crippen LogP contribution is -2.60. The Morgan fingerprint density at radius 2 is 1.79 bits per heavy atom. The molecule has 2 aliphatic carbocycles. The SMILES string of the molecule is C=C[C@H]1C(=C)[C@]1(NC(=O)[C@@H]1C[C@@H](Oc2nc(-c3ccccn3)cc3cc(OC)ccc23)CN1C(=O)[C@@H](NC(=O)OC(C)(C)C)C(C)(C)C)C(=O)NS(=O)C1CC1. The smallest absolute Gasteiger partial charge is 0.408 e. The largest absolute Gasteiger partial charge is 0.497 e. The van der Waals surface area contributed by atoms with Crippen molar-refractivity contribution in [3.63, 3.8) is 0 Å². The third kappa shape index (κ3) is 8.42. The van der Waals surface area contributed by atoms with Crippen LogP contribution in [0.3, 0.4) is 0 Å². The van der Waals surface area contributed by atoms with Gasteiger partial charge in [0.1, 0.15) is 40.5 Å².